The summed E-state index contributed by atoms with van der Waals surface area (Å²) in [6.07, 6.45) is 1.20. The van der Waals surface area contributed by atoms with Crippen LogP contribution in [0.15, 0.2) is 66.7 Å². The first-order valence-electron chi connectivity index (χ1n) is 10.7. The van der Waals surface area contributed by atoms with E-state index in [9.17, 15) is 13.2 Å². The maximum absolute atomic E-state index is 12.8. The molecule has 0 heterocycles. The molecule has 1 N–H and O–H groups in total. The van der Waals surface area contributed by atoms with Crippen LogP contribution in [0.2, 0.25) is 0 Å². The Bertz CT molecular complexity index is 1240. The van der Waals surface area contributed by atoms with E-state index in [1.807, 2.05) is 63.2 Å². The summed E-state index contributed by atoms with van der Waals surface area (Å²) in [5.74, 6) is 0.502. The van der Waals surface area contributed by atoms with Crippen LogP contribution in [0.5, 0.6) is 5.75 Å². The molecule has 0 unspecified atom stereocenters. The largest absolute Gasteiger partial charge is 0.496 e. The second kappa shape index (κ2) is 10.1. The standard InChI is InChI=1S/C26H30N2O4S/c1-18-10-15-23(16-19(18)2)28(33(5,30)31)17-21-11-13-22(14-12-21)26(29)27-20(3)24-8-6-7-9-25(24)32-4/h6-16,20H,17H2,1-5H3,(H,27,29)/t20-/m1/s1. The fourth-order valence-corrected chi connectivity index (χ4v) is 4.47. The van der Waals surface area contributed by atoms with Gasteiger partial charge in [0.25, 0.3) is 5.91 Å². The van der Waals surface area contributed by atoms with Gasteiger partial charge in [0.1, 0.15) is 5.75 Å². The summed E-state index contributed by atoms with van der Waals surface area (Å²) in [6, 6.07) is 19.9. The molecule has 0 aliphatic heterocycles. The topological polar surface area (TPSA) is 75.7 Å². The number of amides is 1. The summed E-state index contributed by atoms with van der Waals surface area (Å²) in [4.78, 5) is 12.8. The third-order valence-electron chi connectivity index (χ3n) is 5.67. The normalized spacial score (nSPS) is 12.2. The maximum Gasteiger partial charge on any atom is 0.251 e. The van der Waals surface area contributed by atoms with E-state index >= 15 is 0 Å². The Balaban J connectivity index is 1.75. The van der Waals surface area contributed by atoms with Crippen molar-refractivity contribution in [3.8, 4) is 5.75 Å². The molecule has 7 heteroatoms. The van der Waals surface area contributed by atoms with Crippen molar-refractivity contribution >= 4 is 21.6 Å². The molecule has 0 aromatic heterocycles. The quantitative estimate of drug-likeness (QED) is 0.519. The molecule has 33 heavy (non-hydrogen) atoms. The lowest BCUT2D eigenvalue weighted by Crippen LogP contribution is -2.29. The third-order valence-corrected chi connectivity index (χ3v) is 6.81. The highest BCUT2D eigenvalue weighted by atomic mass is 32.2. The minimum absolute atomic E-state index is 0.181. The fraction of sp³-hybridized carbons (Fsp3) is 0.269. The van der Waals surface area contributed by atoms with Gasteiger partial charge in [-0.1, -0.05) is 36.4 Å². The molecule has 0 fully saturated rings. The third kappa shape index (κ3) is 5.93. The van der Waals surface area contributed by atoms with Crippen molar-refractivity contribution in [1.82, 2.24) is 5.32 Å². The number of ether oxygens (including phenoxy) is 1. The number of sulfonamides is 1. The van der Waals surface area contributed by atoms with E-state index < -0.39 is 10.0 Å². The number of rotatable bonds is 8. The molecule has 3 aromatic carbocycles. The number of nitrogens with zero attached hydrogens (tertiary/aromatic N) is 1. The first kappa shape index (κ1) is 24.3. The molecule has 3 aromatic rings. The van der Waals surface area contributed by atoms with Crippen molar-refractivity contribution in [2.45, 2.75) is 33.4 Å². The maximum atomic E-state index is 12.8. The summed E-state index contributed by atoms with van der Waals surface area (Å²) in [6.45, 7) is 6.03. The second-order valence-electron chi connectivity index (χ2n) is 8.17. The zero-order valence-electron chi connectivity index (χ0n) is 19.6. The lowest BCUT2D eigenvalue weighted by atomic mass is 10.1. The number of para-hydroxylation sites is 1. The highest BCUT2D eigenvalue weighted by Gasteiger charge is 2.19. The summed E-state index contributed by atoms with van der Waals surface area (Å²) < 4.78 is 31.7. The molecule has 3 rings (SSSR count). The molecule has 0 radical (unpaired) electrons. The van der Waals surface area contributed by atoms with E-state index in [1.165, 1.54) is 10.6 Å². The van der Waals surface area contributed by atoms with Crippen LogP contribution in [-0.2, 0) is 16.6 Å². The van der Waals surface area contributed by atoms with Crippen LogP contribution in [0, 0.1) is 13.8 Å². The Morgan fingerprint density at radius 3 is 2.27 bits per heavy atom. The van der Waals surface area contributed by atoms with Crippen LogP contribution in [0.1, 0.15) is 45.6 Å². The number of benzene rings is 3. The van der Waals surface area contributed by atoms with Crippen molar-refractivity contribution in [3.63, 3.8) is 0 Å². The monoisotopic (exact) mass is 466 g/mol. The molecule has 0 saturated heterocycles. The number of methoxy groups -OCH3 is 1. The smallest absolute Gasteiger partial charge is 0.251 e. The average molecular weight is 467 g/mol. The molecule has 0 saturated carbocycles. The van der Waals surface area contributed by atoms with E-state index in [0.29, 0.717) is 17.0 Å². The van der Waals surface area contributed by atoms with Gasteiger partial charge < -0.3 is 10.1 Å². The Morgan fingerprint density at radius 1 is 1.00 bits per heavy atom. The highest BCUT2D eigenvalue weighted by Crippen LogP contribution is 2.25. The summed E-state index contributed by atoms with van der Waals surface area (Å²) in [5.41, 5.74) is 4.92. The van der Waals surface area contributed by atoms with E-state index in [4.69, 9.17) is 4.74 Å². The number of hydrogen-bond acceptors (Lipinski definition) is 4. The van der Waals surface area contributed by atoms with E-state index in [0.717, 1.165) is 22.3 Å². The predicted octanol–water partition coefficient (Wildman–Crippen LogP) is 4.77. The van der Waals surface area contributed by atoms with Crippen LogP contribution < -0.4 is 14.4 Å². The predicted molar refractivity (Wildman–Crippen MR) is 132 cm³/mol. The van der Waals surface area contributed by atoms with E-state index in [-0.39, 0.29) is 18.5 Å². The van der Waals surface area contributed by atoms with Crippen LogP contribution in [-0.4, -0.2) is 27.7 Å². The number of aryl methyl sites for hydroxylation is 2. The molecular weight excluding hydrogens is 436 g/mol. The second-order valence-corrected chi connectivity index (χ2v) is 10.1. The van der Waals surface area contributed by atoms with Crippen LogP contribution in [0.3, 0.4) is 0 Å². The Morgan fingerprint density at radius 2 is 1.67 bits per heavy atom. The Hall–Kier alpha value is -3.32. The molecular formula is C26H30N2O4S. The van der Waals surface area contributed by atoms with Crippen LogP contribution in [0.25, 0.3) is 0 Å². The zero-order valence-corrected chi connectivity index (χ0v) is 20.4. The zero-order chi connectivity index (χ0) is 24.2. The van der Waals surface area contributed by atoms with Crippen molar-refractivity contribution in [1.29, 1.82) is 0 Å². The number of anilines is 1. The van der Waals surface area contributed by atoms with Crippen molar-refractivity contribution in [3.05, 3.63) is 94.5 Å². The van der Waals surface area contributed by atoms with Crippen molar-refractivity contribution in [2.75, 3.05) is 17.7 Å². The van der Waals surface area contributed by atoms with E-state index in [2.05, 4.69) is 5.32 Å². The molecule has 1 amide bonds. The number of nitrogens with one attached hydrogen (secondary N) is 1. The summed E-state index contributed by atoms with van der Waals surface area (Å²) in [7, 11) is -1.88. The van der Waals surface area contributed by atoms with E-state index in [1.54, 1.807) is 31.4 Å². The SMILES string of the molecule is COc1ccccc1[C@@H](C)NC(=O)c1ccc(CN(c2ccc(C)c(C)c2)S(C)(=O)=O)cc1. The first-order chi connectivity index (χ1) is 15.6. The van der Waals surface area contributed by atoms with Crippen molar-refractivity contribution < 1.29 is 17.9 Å². The lowest BCUT2D eigenvalue weighted by Gasteiger charge is -2.23. The van der Waals surface area contributed by atoms with Gasteiger partial charge in [0.2, 0.25) is 10.0 Å². The van der Waals surface area contributed by atoms with Gasteiger partial charge in [-0.25, -0.2) is 8.42 Å². The van der Waals surface area contributed by atoms with Crippen LogP contribution in [0.4, 0.5) is 5.69 Å². The Kier molecular flexibility index (Phi) is 7.43. The first-order valence-corrected chi connectivity index (χ1v) is 12.5. The minimum Gasteiger partial charge on any atom is -0.496 e. The number of carbonyl (C=O) groups excluding carboxylic acids is 1. The fourth-order valence-electron chi connectivity index (χ4n) is 3.59. The van der Waals surface area contributed by atoms with Crippen molar-refractivity contribution in [2.24, 2.45) is 0 Å². The van der Waals surface area contributed by atoms with Gasteiger partial charge in [-0.15, -0.1) is 0 Å². The lowest BCUT2D eigenvalue weighted by molar-refractivity contribution is 0.0939. The number of carbonyl (C=O) groups is 1. The number of hydrogen-bond donors (Lipinski definition) is 1. The van der Waals surface area contributed by atoms with Gasteiger partial charge in [-0.2, -0.15) is 0 Å². The van der Waals surface area contributed by atoms with Gasteiger partial charge in [-0.05, 0) is 67.8 Å². The molecule has 0 aliphatic rings. The molecule has 174 valence electrons. The summed E-state index contributed by atoms with van der Waals surface area (Å²) >= 11 is 0. The Labute approximate surface area is 196 Å². The summed E-state index contributed by atoms with van der Waals surface area (Å²) in [5, 5.41) is 2.98. The van der Waals surface area contributed by atoms with Gasteiger partial charge in [-0.3, -0.25) is 9.10 Å². The molecule has 6 nitrogen and oxygen atoms in total. The molecule has 0 spiro atoms. The molecule has 0 aliphatic carbocycles. The minimum atomic E-state index is -3.48. The van der Waals surface area contributed by atoms with Gasteiger partial charge in [0, 0.05) is 11.1 Å². The van der Waals surface area contributed by atoms with Crippen LogP contribution >= 0.6 is 0 Å². The average Bonchev–Trinajstić information content (AvgIpc) is 2.79. The highest BCUT2D eigenvalue weighted by molar-refractivity contribution is 7.92. The van der Waals surface area contributed by atoms with Gasteiger partial charge >= 0.3 is 0 Å². The van der Waals surface area contributed by atoms with Gasteiger partial charge in [0.15, 0.2) is 0 Å². The molecule has 0 bridgehead atoms. The molecule has 1 atom stereocenters. The van der Waals surface area contributed by atoms with Gasteiger partial charge in [0.05, 0.1) is 31.6 Å².